The second kappa shape index (κ2) is 7.51. The normalized spacial score (nSPS) is 9.57. The van der Waals surface area contributed by atoms with E-state index in [0.29, 0.717) is 5.69 Å². The summed E-state index contributed by atoms with van der Waals surface area (Å²) in [7, 11) is 0. The molecule has 1 aromatic carbocycles. The number of hydrogen-bond donors (Lipinski definition) is 2. The molecule has 0 radical (unpaired) electrons. The van der Waals surface area contributed by atoms with E-state index in [4.69, 9.17) is 5.11 Å². The van der Waals surface area contributed by atoms with Gasteiger partial charge in [-0.3, -0.25) is 9.59 Å². The first-order chi connectivity index (χ1) is 9.50. The Kier molecular flexibility index (Phi) is 6.28. The van der Waals surface area contributed by atoms with Gasteiger partial charge in [-0.1, -0.05) is 18.2 Å². The van der Waals surface area contributed by atoms with Crippen molar-refractivity contribution in [3.8, 4) is 5.69 Å². The number of nitrogens with zero attached hydrogens (tertiary/aromatic N) is 2. The van der Waals surface area contributed by atoms with E-state index in [1.807, 2.05) is 0 Å². The molecule has 0 aliphatic rings. The summed E-state index contributed by atoms with van der Waals surface area (Å²) in [5.41, 5.74) is 0.0308. The number of hydrogen-bond acceptors (Lipinski definition) is 4. The number of rotatable bonds is 2. The molecule has 0 saturated carbocycles. The SMILES string of the molecule is O=C(O)C(=O)Nc1cnn(-c2ccccc2)c(=O)c1Br.[H-].[Na+]. The molecule has 0 saturated heterocycles. The number of nitrogens with one attached hydrogen (secondary N) is 1. The molecule has 2 aromatic rings. The minimum absolute atomic E-state index is 0. The largest absolute Gasteiger partial charge is 1.00 e. The third-order valence-electron chi connectivity index (χ3n) is 2.36. The number of carboxylic acids is 1. The Labute approximate surface area is 150 Å². The zero-order chi connectivity index (χ0) is 14.7. The van der Waals surface area contributed by atoms with Gasteiger partial charge in [-0.25, -0.2) is 4.79 Å². The first-order valence-corrected chi connectivity index (χ1v) is 6.17. The van der Waals surface area contributed by atoms with Crippen LogP contribution in [0.5, 0.6) is 0 Å². The van der Waals surface area contributed by atoms with Gasteiger partial charge in [0.05, 0.1) is 17.6 Å². The summed E-state index contributed by atoms with van der Waals surface area (Å²) in [5.74, 6) is -2.89. The number of carbonyl (C=O) groups is 2. The number of benzene rings is 1. The Balaban J connectivity index is 0.00000220. The van der Waals surface area contributed by atoms with Crippen molar-refractivity contribution in [1.82, 2.24) is 9.78 Å². The van der Waals surface area contributed by atoms with Crippen LogP contribution in [0.15, 0.2) is 45.8 Å². The van der Waals surface area contributed by atoms with Crippen LogP contribution in [-0.2, 0) is 9.59 Å². The predicted molar refractivity (Wildman–Crippen MR) is 74.9 cm³/mol. The third kappa shape index (κ3) is 4.01. The maximum Gasteiger partial charge on any atom is 1.00 e. The van der Waals surface area contributed by atoms with Crippen LogP contribution in [0.4, 0.5) is 5.69 Å². The fourth-order valence-electron chi connectivity index (χ4n) is 1.45. The van der Waals surface area contributed by atoms with E-state index in [9.17, 15) is 14.4 Å². The number of amides is 1. The van der Waals surface area contributed by atoms with Crippen LogP contribution in [0.25, 0.3) is 5.69 Å². The average Bonchev–Trinajstić information content (AvgIpc) is 2.45. The summed E-state index contributed by atoms with van der Waals surface area (Å²) in [6.07, 6.45) is 1.19. The summed E-state index contributed by atoms with van der Waals surface area (Å²) in [4.78, 5) is 33.6. The number of para-hydroxylation sites is 1. The minimum Gasteiger partial charge on any atom is -1.00 e. The van der Waals surface area contributed by atoms with E-state index in [1.54, 1.807) is 30.3 Å². The van der Waals surface area contributed by atoms with Gasteiger partial charge in [0.2, 0.25) is 0 Å². The fourth-order valence-corrected chi connectivity index (χ4v) is 1.82. The van der Waals surface area contributed by atoms with Gasteiger partial charge in [-0.05, 0) is 28.1 Å². The molecule has 104 valence electrons. The average molecular weight is 362 g/mol. The van der Waals surface area contributed by atoms with Crippen molar-refractivity contribution in [2.45, 2.75) is 0 Å². The number of halogens is 1. The van der Waals surface area contributed by atoms with Crippen molar-refractivity contribution in [2.24, 2.45) is 0 Å². The molecule has 0 aliphatic heterocycles. The van der Waals surface area contributed by atoms with E-state index in [1.165, 1.54) is 6.20 Å². The summed E-state index contributed by atoms with van der Waals surface area (Å²) < 4.78 is 1.14. The van der Waals surface area contributed by atoms with Crippen LogP contribution in [0.2, 0.25) is 0 Å². The molecule has 21 heavy (non-hydrogen) atoms. The molecular formula is C12H9BrN3NaO4. The minimum atomic E-state index is -1.65. The molecule has 0 bridgehead atoms. The zero-order valence-corrected chi connectivity index (χ0v) is 14.5. The summed E-state index contributed by atoms with van der Waals surface area (Å²) in [6, 6.07) is 8.67. The molecule has 1 heterocycles. The second-order valence-corrected chi connectivity index (χ2v) is 4.48. The smallest absolute Gasteiger partial charge is 1.00 e. The summed E-state index contributed by atoms with van der Waals surface area (Å²) in [6.45, 7) is 0. The quantitative estimate of drug-likeness (QED) is 0.482. The van der Waals surface area contributed by atoms with Crippen LogP contribution >= 0.6 is 15.9 Å². The number of carboxylic acid groups (broad SMARTS) is 1. The van der Waals surface area contributed by atoms with E-state index in [-0.39, 0.29) is 41.1 Å². The summed E-state index contributed by atoms with van der Waals surface area (Å²) in [5, 5.41) is 14.5. The van der Waals surface area contributed by atoms with Gasteiger partial charge < -0.3 is 11.8 Å². The van der Waals surface area contributed by atoms with Crippen molar-refractivity contribution in [3.05, 3.63) is 51.4 Å². The number of anilines is 1. The van der Waals surface area contributed by atoms with Crippen molar-refractivity contribution >= 4 is 33.5 Å². The van der Waals surface area contributed by atoms with Crippen LogP contribution < -0.4 is 40.4 Å². The van der Waals surface area contributed by atoms with Gasteiger partial charge >= 0.3 is 41.4 Å². The molecule has 2 N–H and O–H groups in total. The number of aliphatic carboxylic acids is 1. The van der Waals surface area contributed by atoms with E-state index in [2.05, 4.69) is 26.3 Å². The van der Waals surface area contributed by atoms with Gasteiger partial charge in [0, 0.05) is 0 Å². The van der Waals surface area contributed by atoms with Gasteiger partial charge in [0.15, 0.2) is 0 Å². The van der Waals surface area contributed by atoms with Gasteiger partial charge in [-0.15, -0.1) is 0 Å². The molecule has 0 spiro atoms. The second-order valence-electron chi connectivity index (χ2n) is 3.68. The Morgan fingerprint density at radius 3 is 2.48 bits per heavy atom. The van der Waals surface area contributed by atoms with Crippen molar-refractivity contribution in [1.29, 1.82) is 0 Å². The monoisotopic (exact) mass is 361 g/mol. The van der Waals surface area contributed by atoms with Crippen molar-refractivity contribution in [2.75, 3.05) is 5.32 Å². The molecule has 7 nitrogen and oxygen atoms in total. The standard InChI is InChI=1S/C12H8BrN3O4.Na.H/c13-9-8(15-10(17)12(19)20)6-14-16(11(9)18)7-4-2-1-3-5-7;;/h1-6H,(H,15,17)(H,19,20);;/q;+1;-1. The van der Waals surface area contributed by atoms with Crippen LogP contribution in [0.3, 0.4) is 0 Å². The topological polar surface area (TPSA) is 101 Å². The molecule has 2 rings (SSSR count). The van der Waals surface area contributed by atoms with E-state index in [0.717, 1.165) is 4.68 Å². The maximum absolute atomic E-state index is 12.1. The van der Waals surface area contributed by atoms with Crippen molar-refractivity contribution in [3.63, 3.8) is 0 Å². The molecule has 0 unspecified atom stereocenters. The molecule has 1 aromatic heterocycles. The predicted octanol–water partition coefficient (Wildman–Crippen LogP) is -1.87. The molecular weight excluding hydrogens is 353 g/mol. The fraction of sp³-hybridized carbons (Fsp3) is 0. The Morgan fingerprint density at radius 1 is 1.29 bits per heavy atom. The maximum atomic E-state index is 12.1. The van der Waals surface area contributed by atoms with E-state index < -0.39 is 17.4 Å². The first-order valence-electron chi connectivity index (χ1n) is 5.38. The number of aromatic nitrogens is 2. The zero-order valence-electron chi connectivity index (χ0n) is 11.9. The van der Waals surface area contributed by atoms with Crippen molar-refractivity contribution < 1.29 is 45.7 Å². The Bertz CT molecular complexity index is 739. The first kappa shape index (κ1) is 17.6. The molecule has 0 fully saturated rings. The molecule has 1 amide bonds. The third-order valence-corrected chi connectivity index (χ3v) is 3.13. The molecule has 9 heteroatoms. The van der Waals surface area contributed by atoms with Crippen LogP contribution in [0, 0.1) is 0 Å². The Morgan fingerprint density at radius 2 is 1.90 bits per heavy atom. The van der Waals surface area contributed by atoms with Gasteiger partial charge in [0.1, 0.15) is 4.47 Å². The van der Waals surface area contributed by atoms with E-state index >= 15 is 0 Å². The Hall–Kier alpha value is -1.48. The van der Waals surface area contributed by atoms with Gasteiger partial charge in [0.25, 0.3) is 5.56 Å². The van der Waals surface area contributed by atoms with Crippen LogP contribution in [0.1, 0.15) is 1.43 Å². The molecule has 0 atom stereocenters. The summed E-state index contributed by atoms with van der Waals surface area (Å²) >= 11 is 3.02. The van der Waals surface area contributed by atoms with Crippen LogP contribution in [-0.4, -0.2) is 26.8 Å². The van der Waals surface area contributed by atoms with Gasteiger partial charge in [-0.2, -0.15) is 9.78 Å². The molecule has 0 aliphatic carbocycles. The number of carbonyl (C=O) groups excluding carboxylic acids is 1.